The summed E-state index contributed by atoms with van der Waals surface area (Å²) in [5, 5.41) is 0. The molecule has 0 aliphatic carbocycles. The minimum atomic E-state index is -0.489. The van der Waals surface area contributed by atoms with Gasteiger partial charge in [-0.1, -0.05) is 78.1 Å². The molecule has 0 atom stereocenters. The molecule has 6 nitrogen and oxygen atoms in total. The lowest BCUT2D eigenvalue weighted by molar-refractivity contribution is 0.0450. The van der Waals surface area contributed by atoms with Gasteiger partial charge in [0.15, 0.2) is 0 Å². The molecule has 0 saturated carbocycles. The second-order valence-corrected chi connectivity index (χ2v) is 8.51. The SMILES string of the molecule is CCCCCCCCOC(=O)c1ccc(-n2ccnc2)cc1C(=O)OCCCCCCCC. The molecular weight excluding hydrogens is 416 g/mol. The molecule has 0 aliphatic rings. The minimum absolute atomic E-state index is 0.236. The van der Waals surface area contributed by atoms with Crippen LogP contribution in [0.2, 0.25) is 0 Å². The fourth-order valence-electron chi connectivity index (χ4n) is 3.70. The van der Waals surface area contributed by atoms with Crippen LogP contribution in [0.4, 0.5) is 0 Å². The number of hydrogen-bond acceptors (Lipinski definition) is 5. The predicted molar refractivity (Wildman–Crippen MR) is 131 cm³/mol. The number of rotatable bonds is 17. The average molecular weight is 457 g/mol. The Morgan fingerprint density at radius 1 is 0.758 bits per heavy atom. The van der Waals surface area contributed by atoms with Crippen LogP contribution in [0.3, 0.4) is 0 Å². The molecule has 0 fully saturated rings. The van der Waals surface area contributed by atoms with E-state index in [-0.39, 0.29) is 11.1 Å². The van der Waals surface area contributed by atoms with Gasteiger partial charge in [-0.25, -0.2) is 14.6 Å². The second-order valence-electron chi connectivity index (χ2n) is 8.51. The molecule has 182 valence electrons. The molecule has 0 unspecified atom stereocenters. The molecule has 33 heavy (non-hydrogen) atoms. The van der Waals surface area contributed by atoms with Crippen molar-refractivity contribution in [1.29, 1.82) is 0 Å². The van der Waals surface area contributed by atoms with E-state index >= 15 is 0 Å². The number of nitrogens with zero attached hydrogens (tertiary/aromatic N) is 2. The summed E-state index contributed by atoms with van der Waals surface area (Å²) in [5.74, 6) is -0.968. The molecule has 0 N–H and O–H groups in total. The first-order valence-corrected chi connectivity index (χ1v) is 12.6. The van der Waals surface area contributed by atoms with Gasteiger partial charge in [-0.05, 0) is 31.0 Å². The Hall–Kier alpha value is -2.63. The molecule has 1 aromatic heterocycles. The molecule has 1 aromatic carbocycles. The monoisotopic (exact) mass is 456 g/mol. The van der Waals surface area contributed by atoms with E-state index in [1.54, 1.807) is 41.5 Å². The number of esters is 2. The zero-order chi connectivity index (χ0) is 23.7. The maximum Gasteiger partial charge on any atom is 0.339 e. The predicted octanol–water partition coefficient (Wildman–Crippen LogP) is 6.91. The van der Waals surface area contributed by atoms with Crippen molar-refractivity contribution < 1.29 is 19.1 Å². The van der Waals surface area contributed by atoms with Gasteiger partial charge in [0.25, 0.3) is 0 Å². The largest absolute Gasteiger partial charge is 0.462 e. The third kappa shape index (κ3) is 9.80. The third-order valence-electron chi connectivity index (χ3n) is 5.71. The molecular formula is C27H40N2O4. The second kappa shape index (κ2) is 16.1. The highest BCUT2D eigenvalue weighted by atomic mass is 16.5. The molecule has 0 spiro atoms. The molecule has 6 heteroatoms. The Labute approximate surface area is 198 Å². The summed E-state index contributed by atoms with van der Waals surface area (Å²) in [6, 6.07) is 5.10. The Balaban J connectivity index is 1.95. The zero-order valence-corrected chi connectivity index (χ0v) is 20.4. The highest BCUT2D eigenvalue weighted by Gasteiger charge is 2.20. The van der Waals surface area contributed by atoms with Gasteiger partial charge in [-0.15, -0.1) is 0 Å². The fraction of sp³-hybridized carbons (Fsp3) is 0.593. The summed E-state index contributed by atoms with van der Waals surface area (Å²) in [6.45, 7) is 5.10. The number of aromatic nitrogens is 2. The number of carbonyl (C=O) groups is 2. The maximum atomic E-state index is 12.8. The Morgan fingerprint density at radius 2 is 1.30 bits per heavy atom. The van der Waals surface area contributed by atoms with Crippen molar-refractivity contribution in [1.82, 2.24) is 9.55 Å². The quantitative estimate of drug-likeness (QED) is 0.191. The van der Waals surface area contributed by atoms with E-state index < -0.39 is 11.9 Å². The molecule has 0 saturated heterocycles. The van der Waals surface area contributed by atoms with Crippen molar-refractivity contribution in [2.24, 2.45) is 0 Å². The van der Waals surface area contributed by atoms with Crippen LogP contribution in [0.15, 0.2) is 36.9 Å². The first-order chi connectivity index (χ1) is 16.2. The first kappa shape index (κ1) is 26.6. The number of ether oxygens (including phenoxy) is 2. The summed E-state index contributed by atoms with van der Waals surface area (Å²) in [6.07, 6.45) is 18.5. The van der Waals surface area contributed by atoms with Crippen LogP contribution in [-0.2, 0) is 9.47 Å². The van der Waals surface area contributed by atoms with Gasteiger partial charge in [-0.3, -0.25) is 0 Å². The van der Waals surface area contributed by atoms with E-state index in [2.05, 4.69) is 18.8 Å². The van der Waals surface area contributed by atoms with Crippen LogP contribution in [0.25, 0.3) is 5.69 Å². The van der Waals surface area contributed by atoms with E-state index in [9.17, 15) is 9.59 Å². The van der Waals surface area contributed by atoms with Gasteiger partial charge in [0.2, 0.25) is 0 Å². The molecule has 2 rings (SSSR count). The summed E-state index contributed by atoms with van der Waals surface area (Å²) >= 11 is 0. The van der Waals surface area contributed by atoms with E-state index in [0.717, 1.165) is 44.2 Å². The Bertz CT molecular complexity index is 818. The molecule has 2 aromatic rings. The Kier molecular flexibility index (Phi) is 13.0. The van der Waals surface area contributed by atoms with Crippen LogP contribution in [0.5, 0.6) is 0 Å². The van der Waals surface area contributed by atoms with Gasteiger partial charge < -0.3 is 14.0 Å². The van der Waals surface area contributed by atoms with E-state index in [1.807, 2.05) is 0 Å². The lowest BCUT2D eigenvalue weighted by Gasteiger charge is -2.12. The molecule has 0 aliphatic heterocycles. The van der Waals surface area contributed by atoms with Crippen LogP contribution in [0, 0.1) is 0 Å². The lowest BCUT2D eigenvalue weighted by atomic mass is 10.1. The molecule has 0 amide bonds. The van der Waals surface area contributed by atoms with Crippen molar-refractivity contribution in [3.8, 4) is 5.69 Å². The summed E-state index contributed by atoms with van der Waals surface area (Å²) in [5.41, 5.74) is 1.23. The topological polar surface area (TPSA) is 70.4 Å². The average Bonchev–Trinajstić information content (AvgIpc) is 3.37. The fourth-order valence-corrected chi connectivity index (χ4v) is 3.70. The van der Waals surface area contributed by atoms with Gasteiger partial charge in [0, 0.05) is 18.1 Å². The van der Waals surface area contributed by atoms with Crippen molar-refractivity contribution in [3.05, 3.63) is 48.0 Å². The number of carbonyl (C=O) groups excluding carboxylic acids is 2. The summed E-state index contributed by atoms with van der Waals surface area (Å²) < 4.78 is 12.8. The summed E-state index contributed by atoms with van der Waals surface area (Å²) in [7, 11) is 0. The third-order valence-corrected chi connectivity index (χ3v) is 5.71. The van der Waals surface area contributed by atoms with Gasteiger partial charge >= 0.3 is 11.9 Å². The van der Waals surface area contributed by atoms with Crippen molar-refractivity contribution >= 4 is 11.9 Å². The van der Waals surface area contributed by atoms with Crippen molar-refractivity contribution in [2.45, 2.75) is 90.9 Å². The van der Waals surface area contributed by atoms with Crippen LogP contribution < -0.4 is 0 Å². The smallest absolute Gasteiger partial charge is 0.339 e. The van der Waals surface area contributed by atoms with E-state index in [0.29, 0.717) is 13.2 Å². The number of imidazole rings is 1. The maximum absolute atomic E-state index is 12.8. The molecule has 1 heterocycles. The van der Waals surface area contributed by atoms with E-state index in [1.165, 1.54) is 38.5 Å². The minimum Gasteiger partial charge on any atom is -0.462 e. The molecule has 0 bridgehead atoms. The van der Waals surface area contributed by atoms with Gasteiger partial charge in [0.05, 0.1) is 30.7 Å². The standard InChI is InChI=1S/C27H40N2O4/c1-3-5-7-9-11-13-19-32-26(30)24-16-15-23(29-18-17-28-22-29)21-25(24)27(31)33-20-14-12-10-8-6-4-2/h15-18,21-22H,3-14,19-20H2,1-2H3. The lowest BCUT2D eigenvalue weighted by Crippen LogP contribution is -2.16. The normalized spacial score (nSPS) is 10.8. The zero-order valence-electron chi connectivity index (χ0n) is 20.4. The highest BCUT2D eigenvalue weighted by Crippen LogP contribution is 2.19. The van der Waals surface area contributed by atoms with Gasteiger partial charge in [-0.2, -0.15) is 0 Å². The van der Waals surface area contributed by atoms with Gasteiger partial charge in [0.1, 0.15) is 0 Å². The first-order valence-electron chi connectivity index (χ1n) is 12.6. The number of hydrogen-bond donors (Lipinski definition) is 0. The molecule has 0 radical (unpaired) electrons. The number of unbranched alkanes of at least 4 members (excludes halogenated alkanes) is 10. The summed E-state index contributed by atoms with van der Waals surface area (Å²) in [4.78, 5) is 29.6. The Morgan fingerprint density at radius 3 is 1.85 bits per heavy atom. The van der Waals surface area contributed by atoms with Crippen LogP contribution in [-0.4, -0.2) is 34.7 Å². The van der Waals surface area contributed by atoms with E-state index in [4.69, 9.17) is 9.47 Å². The highest BCUT2D eigenvalue weighted by molar-refractivity contribution is 6.03. The van der Waals surface area contributed by atoms with Crippen LogP contribution in [0.1, 0.15) is 112 Å². The van der Waals surface area contributed by atoms with Crippen molar-refractivity contribution in [3.63, 3.8) is 0 Å². The van der Waals surface area contributed by atoms with Crippen LogP contribution >= 0.6 is 0 Å². The van der Waals surface area contributed by atoms with Crippen molar-refractivity contribution in [2.75, 3.05) is 13.2 Å². The number of benzene rings is 1.